The summed E-state index contributed by atoms with van der Waals surface area (Å²) in [6.07, 6.45) is 0. The van der Waals surface area contributed by atoms with Crippen LogP contribution in [-0.4, -0.2) is 15.0 Å². The zero-order chi connectivity index (χ0) is 16.5. The van der Waals surface area contributed by atoms with E-state index in [0.29, 0.717) is 23.5 Å². The highest BCUT2D eigenvalue weighted by Gasteiger charge is 2.08. The molecule has 2 aromatic carbocycles. The summed E-state index contributed by atoms with van der Waals surface area (Å²) in [6.45, 7) is 0.502. The molecule has 2 heterocycles. The van der Waals surface area contributed by atoms with Gasteiger partial charge >= 0.3 is 0 Å². The van der Waals surface area contributed by atoms with Gasteiger partial charge in [-0.1, -0.05) is 30.3 Å². The maximum atomic E-state index is 5.89. The quantitative estimate of drug-likeness (QED) is 0.564. The van der Waals surface area contributed by atoms with E-state index in [-0.39, 0.29) is 5.95 Å². The summed E-state index contributed by atoms with van der Waals surface area (Å²) in [5.41, 5.74) is 13.9. The Bertz CT molecular complexity index is 1030. The summed E-state index contributed by atoms with van der Waals surface area (Å²) in [4.78, 5) is 12.6. The molecule has 0 amide bonds. The van der Waals surface area contributed by atoms with E-state index >= 15 is 0 Å². The van der Waals surface area contributed by atoms with Crippen LogP contribution in [-0.2, 0) is 6.61 Å². The van der Waals surface area contributed by atoms with E-state index in [1.807, 2.05) is 54.6 Å². The molecular weight excluding hydrogens is 302 g/mol. The second kappa shape index (κ2) is 5.66. The van der Waals surface area contributed by atoms with Gasteiger partial charge < -0.3 is 16.2 Å². The molecule has 6 nitrogen and oxygen atoms in total. The van der Waals surface area contributed by atoms with Crippen molar-refractivity contribution in [2.45, 2.75) is 6.61 Å². The van der Waals surface area contributed by atoms with Gasteiger partial charge in [0.1, 0.15) is 18.2 Å². The number of hydrogen-bond acceptors (Lipinski definition) is 6. The van der Waals surface area contributed by atoms with Crippen molar-refractivity contribution < 1.29 is 4.74 Å². The van der Waals surface area contributed by atoms with Gasteiger partial charge in [-0.15, -0.1) is 0 Å². The summed E-state index contributed by atoms with van der Waals surface area (Å²) in [5.74, 6) is 1.19. The van der Waals surface area contributed by atoms with Crippen molar-refractivity contribution in [2.75, 3.05) is 11.5 Å². The van der Waals surface area contributed by atoms with Gasteiger partial charge in [-0.05, 0) is 23.8 Å². The minimum absolute atomic E-state index is 0.114. The first-order valence-electron chi connectivity index (χ1n) is 7.49. The average Bonchev–Trinajstić information content (AvgIpc) is 2.59. The maximum absolute atomic E-state index is 5.89. The predicted molar refractivity (Wildman–Crippen MR) is 94.4 cm³/mol. The number of ether oxygens (including phenoxy) is 1. The van der Waals surface area contributed by atoms with Gasteiger partial charge in [-0.3, -0.25) is 0 Å². The molecule has 0 saturated carbocycles. The smallest absolute Gasteiger partial charge is 0.224 e. The number of nitrogens with two attached hydrogens (primary N) is 2. The Morgan fingerprint density at radius 2 is 1.71 bits per heavy atom. The lowest BCUT2D eigenvalue weighted by atomic mass is 10.1. The van der Waals surface area contributed by atoms with Gasteiger partial charge in [-0.25, -0.2) is 4.98 Å². The molecule has 4 rings (SSSR count). The highest BCUT2D eigenvalue weighted by atomic mass is 16.5. The minimum atomic E-state index is 0.114. The Balaban J connectivity index is 1.70. The predicted octanol–water partition coefficient (Wildman–Crippen LogP) is 2.92. The Morgan fingerprint density at radius 1 is 0.875 bits per heavy atom. The molecule has 2 aromatic heterocycles. The van der Waals surface area contributed by atoms with Crippen LogP contribution in [0.1, 0.15) is 5.56 Å². The van der Waals surface area contributed by atoms with Crippen molar-refractivity contribution in [1.29, 1.82) is 0 Å². The largest absolute Gasteiger partial charge is 0.489 e. The number of pyridine rings is 1. The summed E-state index contributed by atoms with van der Waals surface area (Å²) in [5, 5.41) is 1.63. The molecule has 0 atom stereocenters. The molecule has 118 valence electrons. The lowest BCUT2D eigenvalue weighted by Crippen LogP contribution is -2.01. The number of nitrogens with zero attached hydrogens (tertiary/aromatic N) is 3. The Morgan fingerprint density at radius 3 is 2.54 bits per heavy atom. The van der Waals surface area contributed by atoms with Crippen LogP contribution in [0.15, 0.2) is 54.6 Å². The molecule has 0 fully saturated rings. The third-order valence-corrected chi connectivity index (χ3v) is 3.75. The van der Waals surface area contributed by atoms with E-state index in [1.165, 1.54) is 0 Å². The van der Waals surface area contributed by atoms with Crippen molar-refractivity contribution >= 4 is 33.7 Å². The molecule has 4 aromatic rings. The summed E-state index contributed by atoms with van der Waals surface area (Å²) < 4.78 is 5.84. The minimum Gasteiger partial charge on any atom is -0.489 e. The lowest BCUT2D eigenvalue weighted by molar-refractivity contribution is 0.306. The van der Waals surface area contributed by atoms with Gasteiger partial charge in [0.15, 0.2) is 5.65 Å². The van der Waals surface area contributed by atoms with E-state index in [4.69, 9.17) is 16.2 Å². The molecule has 6 heteroatoms. The summed E-state index contributed by atoms with van der Waals surface area (Å²) >= 11 is 0. The van der Waals surface area contributed by atoms with Gasteiger partial charge in [0.25, 0.3) is 0 Å². The average molecular weight is 317 g/mol. The fourth-order valence-electron chi connectivity index (χ4n) is 2.56. The zero-order valence-corrected chi connectivity index (χ0v) is 12.8. The first-order valence-corrected chi connectivity index (χ1v) is 7.49. The van der Waals surface area contributed by atoms with E-state index in [0.717, 1.165) is 22.2 Å². The second-order valence-electron chi connectivity index (χ2n) is 5.46. The summed E-state index contributed by atoms with van der Waals surface area (Å²) in [6, 6.07) is 17.6. The normalized spacial score (nSPS) is 11.0. The third kappa shape index (κ3) is 2.65. The number of nitrogen functional groups attached to an aromatic ring is 2. The molecule has 0 bridgehead atoms. The lowest BCUT2D eigenvalue weighted by Gasteiger charge is -2.08. The topological polar surface area (TPSA) is 99.9 Å². The van der Waals surface area contributed by atoms with Crippen molar-refractivity contribution in [3.8, 4) is 5.75 Å². The van der Waals surface area contributed by atoms with Crippen molar-refractivity contribution in [3.63, 3.8) is 0 Å². The Labute approximate surface area is 138 Å². The molecule has 0 radical (unpaired) electrons. The van der Waals surface area contributed by atoms with Crippen LogP contribution in [0.2, 0.25) is 0 Å². The molecule has 0 aliphatic heterocycles. The fraction of sp³-hybridized carbons (Fsp3) is 0.0556. The molecule has 0 aliphatic rings. The Kier molecular flexibility index (Phi) is 3.35. The van der Waals surface area contributed by atoms with Crippen LogP contribution in [0.4, 0.5) is 11.8 Å². The van der Waals surface area contributed by atoms with E-state index < -0.39 is 0 Å². The highest BCUT2D eigenvalue weighted by Crippen LogP contribution is 2.25. The van der Waals surface area contributed by atoms with E-state index in [9.17, 15) is 0 Å². The Hall–Kier alpha value is -3.41. The third-order valence-electron chi connectivity index (χ3n) is 3.75. The van der Waals surface area contributed by atoms with Crippen LogP contribution < -0.4 is 16.2 Å². The summed E-state index contributed by atoms with van der Waals surface area (Å²) in [7, 11) is 0. The standard InChI is InChI=1S/C18H15N5O/c19-16-14-8-12-6-7-13(24-10-11-4-2-1-3-5-11)9-15(12)21-17(14)23-18(20)22-16/h1-9H,10H2,(H4,19,20,21,22,23). The van der Waals surface area contributed by atoms with Crippen LogP contribution in [0, 0.1) is 0 Å². The van der Waals surface area contributed by atoms with Gasteiger partial charge in [-0.2, -0.15) is 9.97 Å². The number of hydrogen-bond donors (Lipinski definition) is 2. The van der Waals surface area contributed by atoms with Crippen molar-refractivity contribution in [2.24, 2.45) is 0 Å². The highest BCUT2D eigenvalue weighted by molar-refractivity contribution is 5.96. The first-order chi connectivity index (χ1) is 11.7. The zero-order valence-electron chi connectivity index (χ0n) is 12.8. The van der Waals surface area contributed by atoms with Crippen LogP contribution in [0.3, 0.4) is 0 Å². The molecule has 0 spiro atoms. The van der Waals surface area contributed by atoms with Crippen LogP contribution in [0.5, 0.6) is 5.75 Å². The van der Waals surface area contributed by atoms with E-state index in [1.54, 1.807) is 0 Å². The number of fused-ring (bicyclic) bond motifs is 2. The van der Waals surface area contributed by atoms with Gasteiger partial charge in [0, 0.05) is 11.5 Å². The molecule has 4 N–H and O–H groups in total. The number of aromatic nitrogens is 3. The molecule has 24 heavy (non-hydrogen) atoms. The van der Waals surface area contributed by atoms with Crippen LogP contribution >= 0.6 is 0 Å². The van der Waals surface area contributed by atoms with Gasteiger partial charge in [0.2, 0.25) is 5.95 Å². The number of rotatable bonds is 3. The number of benzene rings is 2. The SMILES string of the molecule is Nc1nc(N)c2cc3ccc(OCc4ccccc4)cc3nc2n1. The molecule has 0 unspecified atom stereocenters. The van der Waals surface area contributed by atoms with Gasteiger partial charge in [0.05, 0.1) is 10.9 Å². The molecular formula is C18H15N5O. The van der Waals surface area contributed by atoms with Crippen molar-refractivity contribution in [1.82, 2.24) is 15.0 Å². The van der Waals surface area contributed by atoms with Crippen LogP contribution in [0.25, 0.3) is 21.9 Å². The maximum Gasteiger partial charge on any atom is 0.224 e. The second-order valence-corrected chi connectivity index (χ2v) is 5.46. The molecule has 0 saturated heterocycles. The monoisotopic (exact) mass is 317 g/mol. The fourth-order valence-corrected chi connectivity index (χ4v) is 2.56. The number of anilines is 2. The first kappa shape index (κ1) is 14.2. The van der Waals surface area contributed by atoms with E-state index in [2.05, 4.69) is 15.0 Å². The molecule has 0 aliphatic carbocycles. The van der Waals surface area contributed by atoms with Crippen molar-refractivity contribution in [3.05, 3.63) is 60.2 Å².